The number of anilines is 1. The van der Waals surface area contributed by atoms with Crippen molar-refractivity contribution < 1.29 is 0 Å². The number of aromatic nitrogens is 3. The van der Waals surface area contributed by atoms with Crippen LogP contribution in [0.1, 0.15) is 30.0 Å². The molecule has 1 saturated heterocycles. The van der Waals surface area contributed by atoms with Crippen LogP contribution in [-0.4, -0.2) is 46.0 Å². The number of benzene rings is 3. The lowest BCUT2D eigenvalue weighted by molar-refractivity contribution is 0.0897. The van der Waals surface area contributed by atoms with E-state index in [2.05, 4.69) is 130 Å². The number of hydrogen-bond acceptors (Lipinski definition) is 4. The smallest absolute Gasteiger partial charge is 0.226 e. The number of nitrogens with one attached hydrogen (secondary N) is 1. The van der Waals surface area contributed by atoms with Crippen molar-refractivity contribution in [3.8, 4) is 0 Å². The molecular formula is C32H32ClN5. The second-order valence-corrected chi connectivity index (χ2v) is 10.6. The number of likely N-dealkylation sites (tertiary alicyclic amines) is 1. The lowest BCUT2D eigenvalue weighted by Gasteiger charge is -2.52. The Kier molecular flexibility index (Phi) is 6.64. The minimum absolute atomic E-state index is 0.225. The van der Waals surface area contributed by atoms with E-state index in [1.807, 2.05) is 12.3 Å². The van der Waals surface area contributed by atoms with Gasteiger partial charge in [-0.25, -0.2) is 0 Å². The van der Waals surface area contributed by atoms with Gasteiger partial charge in [0.25, 0.3) is 0 Å². The van der Waals surface area contributed by atoms with Crippen molar-refractivity contribution >= 4 is 28.5 Å². The number of halogens is 1. The van der Waals surface area contributed by atoms with Crippen LogP contribution >= 0.6 is 11.6 Å². The first-order valence-electron chi connectivity index (χ1n) is 13.2. The molecule has 6 heteroatoms. The van der Waals surface area contributed by atoms with Crippen molar-refractivity contribution in [3.05, 3.63) is 125 Å². The highest BCUT2D eigenvalue weighted by Crippen LogP contribution is 2.45. The molecule has 0 bridgehead atoms. The first-order chi connectivity index (χ1) is 18.6. The average molecular weight is 522 g/mol. The summed E-state index contributed by atoms with van der Waals surface area (Å²) in [6, 6.07) is 35.1. The predicted molar refractivity (Wildman–Crippen MR) is 156 cm³/mol. The summed E-state index contributed by atoms with van der Waals surface area (Å²) < 4.78 is 0. The van der Waals surface area contributed by atoms with E-state index in [-0.39, 0.29) is 11.3 Å². The predicted octanol–water partition coefficient (Wildman–Crippen LogP) is 6.75. The molecule has 0 amide bonds. The van der Waals surface area contributed by atoms with Gasteiger partial charge in [-0.3, -0.25) is 4.90 Å². The van der Waals surface area contributed by atoms with E-state index in [4.69, 9.17) is 11.6 Å². The molecule has 1 fully saturated rings. The lowest BCUT2D eigenvalue weighted by Crippen LogP contribution is -2.58. The molecule has 3 aromatic carbocycles. The molecule has 1 aliphatic heterocycles. The van der Waals surface area contributed by atoms with Gasteiger partial charge in [-0.1, -0.05) is 97.9 Å². The van der Waals surface area contributed by atoms with Crippen molar-refractivity contribution in [2.45, 2.75) is 24.9 Å². The van der Waals surface area contributed by atoms with Crippen LogP contribution in [0.2, 0.25) is 5.28 Å². The van der Waals surface area contributed by atoms with Gasteiger partial charge in [0.05, 0.1) is 10.9 Å². The minimum atomic E-state index is -0.435. The Balaban J connectivity index is 1.50. The van der Waals surface area contributed by atoms with E-state index in [1.165, 1.54) is 16.7 Å². The zero-order valence-corrected chi connectivity index (χ0v) is 22.5. The van der Waals surface area contributed by atoms with E-state index in [9.17, 15) is 0 Å². The van der Waals surface area contributed by atoms with Crippen LogP contribution in [0.3, 0.4) is 0 Å². The Labute approximate surface area is 229 Å². The molecule has 192 valence electrons. The molecule has 5 aromatic rings. The normalized spacial score (nSPS) is 18.5. The largest absolute Gasteiger partial charge is 0.354 e. The highest BCUT2D eigenvalue weighted by atomic mass is 35.5. The number of aromatic amines is 1. The van der Waals surface area contributed by atoms with Crippen LogP contribution in [-0.2, 0) is 5.54 Å². The Morgan fingerprint density at radius 1 is 0.842 bits per heavy atom. The monoisotopic (exact) mass is 521 g/mol. The van der Waals surface area contributed by atoms with Crippen LogP contribution in [0.25, 0.3) is 11.0 Å². The summed E-state index contributed by atoms with van der Waals surface area (Å²) in [7, 11) is 2.14. The molecule has 3 heterocycles. The molecule has 2 atom stereocenters. The van der Waals surface area contributed by atoms with Crippen molar-refractivity contribution in [2.24, 2.45) is 5.92 Å². The standard InChI is InChI=1S/C32H32ClN5/c1-23-19-21-38(22-28(23)37(2)30-27-18-20-34-29(27)35-31(33)36-30)32(24-12-6-3-7-13-24,25-14-8-4-9-15-25)26-16-10-5-11-17-26/h3-18,20,23,28H,19,21-22H2,1-2H3,(H,34,35,36). The lowest BCUT2D eigenvalue weighted by atomic mass is 9.74. The summed E-state index contributed by atoms with van der Waals surface area (Å²) in [5.41, 5.74) is 4.14. The molecular weight excluding hydrogens is 490 g/mol. The summed E-state index contributed by atoms with van der Waals surface area (Å²) >= 11 is 6.36. The number of fused-ring (bicyclic) bond motifs is 1. The fraction of sp³-hybridized carbons (Fsp3) is 0.250. The zero-order valence-electron chi connectivity index (χ0n) is 21.8. The highest BCUT2D eigenvalue weighted by Gasteiger charge is 2.45. The van der Waals surface area contributed by atoms with Gasteiger partial charge in [-0.05, 0) is 46.7 Å². The van der Waals surface area contributed by atoms with E-state index in [0.717, 1.165) is 36.4 Å². The maximum Gasteiger partial charge on any atom is 0.226 e. The molecule has 1 N–H and O–H groups in total. The van der Waals surface area contributed by atoms with Crippen LogP contribution in [0.4, 0.5) is 5.82 Å². The third kappa shape index (κ3) is 4.16. The van der Waals surface area contributed by atoms with Crippen molar-refractivity contribution in [3.63, 3.8) is 0 Å². The maximum absolute atomic E-state index is 6.36. The van der Waals surface area contributed by atoms with Crippen LogP contribution in [0.15, 0.2) is 103 Å². The Morgan fingerprint density at radius 2 is 1.39 bits per heavy atom. The van der Waals surface area contributed by atoms with Gasteiger partial charge in [-0.15, -0.1) is 0 Å². The molecule has 38 heavy (non-hydrogen) atoms. The van der Waals surface area contributed by atoms with E-state index < -0.39 is 5.54 Å². The van der Waals surface area contributed by atoms with E-state index in [0.29, 0.717) is 5.92 Å². The van der Waals surface area contributed by atoms with E-state index >= 15 is 0 Å². The van der Waals surface area contributed by atoms with Crippen LogP contribution in [0, 0.1) is 5.92 Å². The number of likely N-dealkylation sites (N-methyl/N-ethyl adjacent to an activating group) is 1. The topological polar surface area (TPSA) is 48.1 Å². The molecule has 2 aromatic heterocycles. The molecule has 1 aliphatic rings. The molecule has 6 rings (SSSR count). The van der Waals surface area contributed by atoms with Crippen molar-refractivity contribution in [2.75, 3.05) is 25.0 Å². The van der Waals surface area contributed by atoms with Crippen molar-refractivity contribution in [1.82, 2.24) is 19.9 Å². The van der Waals surface area contributed by atoms with Gasteiger partial charge in [0.2, 0.25) is 5.28 Å². The molecule has 2 unspecified atom stereocenters. The summed E-state index contributed by atoms with van der Waals surface area (Å²) in [5.74, 6) is 1.34. The van der Waals surface area contributed by atoms with Crippen LogP contribution < -0.4 is 4.90 Å². The van der Waals surface area contributed by atoms with Crippen LogP contribution in [0.5, 0.6) is 0 Å². The third-order valence-electron chi connectivity index (χ3n) is 8.17. The quantitative estimate of drug-likeness (QED) is 0.198. The summed E-state index contributed by atoms with van der Waals surface area (Å²) in [6.07, 6.45) is 2.97. The van der Waals surface area contributed by atoms with Crippen molar-refractivity contribution in [1.29, 1.82) is 0 Å². The Bertz CT molecular complexity index is 1410. The second kappa shape index (κ2) is 10.2. The number of H-pyrrole nitrogens is 1. The summed E-state index contributed by atoms with van der Waals surface area (Å²) in [5, 5.41) is 1.25. The molecule has 5 nitrogen and oxygen atoms in total. The van der Waals surface area contributed by atoms with Gasteiger partial charge < -0.3 is 9.88 Å². The number of nitrogens with zero attached hydrogens (tertiary/aromatic N) is 4. The summed E-state index contributed by atoms with van der Waals surface area (Å²) in [4.78, 5) is 17.2. The SMILES string of the molecule is CC1CCN(C(c2ccccc2)(c2ccccc2)c2ccccc2)CC1N(C)c1nc(Cl)nc2[nH]ccc12. The van der Waals surface area contributed by atoms with Gasteiger partial charge in [-0.2, -0.15) is 9.97 Å². The van der Waals surface area contributed by atoms with E-state index in [1.54, 1.807) is 0 Å². The average Bonchev–Trinajstić information content (AvgIpc) is 3.44. The van der Waals surface area contributed by atoms with Gasteiger partial charge in [0.15, 0.2) is 0 Å². The van der Waals surface area contributed by atoms with Gasteiger partial charge in [0.1, 0.15) is 11.5 Å². The molecule has 0 aliphatic carbocycles. The number of rotatable bonds is 6. The molecule has 0 radical (unpaired) electrons. The second-order valence-electron chi connectivity index (χ2n) is 10.3. The zero-order chi connectivity index (χ0) is 26.1. The van der Waals surface area contributed by atoms with Gasteiger partial charge in [0, 0.05) is 32.4 Å². The fourth-order valence-electron chi connectivity index (χ4n) is 6.27. The molecule has 0 spiro atoms. The van der Waals surface area contributed by atoms with Gasteiger partial charge >= 0.3 is 0 Å². The summed E-state index contributed by atoms with van der Waals surface area (Å²) in [6.45, 7) is 4.20. The Morgan fingerprint density at radius 3 is 1.95 bits per heavy atom. The molecule has 0 saturated carbocycles. The fourth-order valence-corrected chi connectivity index (χ4v) is 6.43. The first-order valence-corrected chi connectivity index (χ1v) is 13.6. The Hall–Kier alpha value is -3.67. The highest BCUT2D eigenvalue weighted by molar-refractivity contribution is 6.28. The third-order valence-corrected chi connectivity index (χ3v) is 8.34. The first kappa shape index (κ1) is 24.7. The number of hydrogen-bond donors (Lipinski definition) is 1. The maximum atomic E-state index is 6.36. The minimum Gasteiger partial charge on any atom is -0.354 e. The number of piperidine rings is 1.